The number of carbonyl (C=O) groups is 1. The lowest BCUT2D eigenvalue weighted by atomic mass is 10.1. The third-order valence-corrected chi connectivity index (χ3v) is 3.64. The van der Waals surface area contributed by atoms with Gasteiger partial charge in [-0.15, -0.1) is 0 Å². The van der Waals surface area contributed by atoms with E-state index in [1.807, 2.05) is 30.3 Å². The van der Waals surface area contributed by atoms with E-state index >= 15 is 0 Å². The first kappa shape index (κ1) is 13.3. The molecule has 0 radical (unpaired) electrons. The molecule has 5 nitrogen and oxygen atoms in total. The first-order valence-electron chi connectivity index (χ1n) is 7.03. The molecule has 0 saturated heterocycles. The summed E-state index contributed by atoms with van der Waals surface area (Å²) in [4.78, 5) is 24.1. The Balaban J connectivity index is 1.87. The van der Waals surface area contributed by atoms with Gasteiger partial charge in [-0.2, -0.15) is 0 Å². The van der Waals surface area contributed by atoms with Crippen molar-refractivity contribution in [1.29, 1.82) is 0 Å². The Kier molecular flexibility index (Phi) is 2.98. The van der Waals surface area contributed by atoms with Gasteiger partial charge >= 0.3 is 5.63 Å². The Morgan fingerprint density at radius 1 is 0.957 bits per heavy atom. The van der Waals surface area contributed by atoms with Crippen LogP contribution in [0.25, 0.3) is 21.7 Å². The number of hydrogen-bond donors (Lipinski definition) is 1. The average molecular weight is 305 g/mol. The van der Waals surface area contributed by atoms with Crippen molar-refractivity contribution in [2.45, 2.75) is 0 Å². The largest absolute Gasteiger partial charge is 0.459 e. The van der Waals surface area contributed by atoms with Crippen molar-refractivity contribution in [2.75, 3.05) is 5.32 Å². The highest BCUT2D eigenvalue weighted by Gasteiger charge is 2.13. The minimum atomic E-state index is -0.604. The summed E-state index contributed by atoms with van der Waals surface area (Å²) >= 11 is 0. The Bertz CT molecular complexity index is 1080. The predicted molar refractivity (Wildman–Crippen MR) is 86.7 cm³/mol. The van der Waals surface area contributed by atoms with E-state index in [1.54, 1.807) is 18.2 Å². The fourth-order valence-electron chi connectivity index (χ4n) is 2.55. The zero-order chi connectivity index (χ0) is 15.8. The number of benzene rings is 2. The van der Waals surface area contributed by atoms with Gasteiger partial charge in [-0.1, -0.05) is 30.3 Å². The normalized spacial score (nSPS) is 11.0. The molecule has 2 aromatic carbocycles. The Morgan fingerprint density at radius 2 is 1.83 bits per heavy atom. The van der Waals surface area contributed by atoms with Crippen molar-refractivity contribution < 1.29 is 13.6 Å². The van der Waals surface area contributed by atoms with Crippen LogP contribution in [0.5, 0.6) is 0 Å². The first-order valence-corrected chi connectivity index (χ1v) is 7.03. The summed E-state index contributed by atoms with van der Waals surface area (Å²) in [7, 11) is 0. The molecule has 4 rings (SSSR count). The van der Waals surface area contributed by atoms with Crippen LogP contribution in [0.4, 0.5) is 5.69 Å². The second-order valence-electron chi connectivity index (χ2n) is 5.08. The lowest BCUT2D eigenvalue weighted by Crippen LogP contribution is -2.17. The van der Waals surface area contributed by atoms with Crippen molar-refractivity contribution in [3.63, 3.8) is 0 Å². The SMILES string of the molecule is O=C(Nc1cc2c(ccc3ccccc32)oc1=O)c1ccco1. The maximum Gasteiger partial charge on any atom is 0.360 e. The van der Waals surface area contributed by atoms with Gasteiger partial charge in [0.2, 0.25) is 0 Å². The molecule has 112 valence electrons. The molecule has 0 atom stereocenters. The van der Waals surface area contributed by atoms with Crippen LogP contribution in [0, 0.1) is 0 Å². The second kappa shape index (κ2) is 5.14. The molecule has 5 heteroatoms. The summed E-state index contributed by atoms with van der Waals surface area (Å²) in [5.74, 6) is -0.371. The number of furan rings is 1. The van der Waals surface area contributed by atoms with E-state index in [0.29, 0.717) is 5.58 Å². The van der Waals surface area contributed by atoms with E-state index in [2.05, 4.69) is 5.32 Å². The fraction of sp³-hybridized carbons (Fsp3) is 0. The van der Waals surface area contributed by atoms with Crippen LogP contribution >= 0.6 is 0 Å². The summed E-state index contributed by atoms with van der Waals surface area (Å²) in [6.45, 7) is 0. The first-order chi connectivity index (χ1) is 11.2. The van der Waals surface area contributed by atoms with E-state index in [0.717, 1.165) is 16.2 Å². The zero-order valence-corrected chi connectivity index (χ0v) is 11.9. The number of nitrogens with one attached hydrogen (secondary N) is 1. The molecule has 0 saturated carbocycles. The van der Waals surface area contributed by atoms with Crippen molar-refractivity contribution in [1.82, 2.24) is 0 Å². The molecule has 23 heavy (non-hydrogen) atoms. The molecule has 4 aromatic rings. The van der Waals surface area contributed by atoms with Crippen LogP contribution in [0.15, 0.2) is 74.5 Å². The molecular weight excluding hydrogens is 294 g/mol. The number of rotatable bonds is 2. The van der Waals surface area contributed by atoms with Gasteiger partial charge in [-0.05, 0) is 35.0 Å². The highest BCUT2D eigenvalue weighted by molar-refractivity contribution is 6.08. The number of carbonyl (C=O) groups excluding carboxylic acids is 1. The molecule has 0 bridgehead atoms. The van der Waals surface area contributed by atoms with Crippen molar-refractivity contribution in [3.05, 3.63) is 77.0 Å². The lowest BCUT2D eigenvalue weighted by molar-refractivity contribution is 0.0996. The van der Waals surface area contributed by atoms with E-state index in [-0.39, 0.29) is 11.4 Å². The van der Waals surface area contributed by atoms with Crippen LogP contribution in [0.2, 0.25) is 0 Å². The number of hydrogen-bond acceptors (Lipinski definition) is 4. The average Bonchev–Trinajstić information content (AvgIpc) is 3.10. The molecule has 1 N–H and O–H groups in total. The summed E-state index contributed by atoms with van der Waals surface area (Å²) in [5, 5.41) is 5.26. The summed E-state index contributed by atoms with van der Waals surface area (Å²) < 4.78 is 10.3. The number of amides is 1. The highest BCUT2D eigenvalue weighted by Crippen LogP contribution is 2.26. The van der Waals surface area contributed by atoms with Crippen LogP contribution < -0.4 is 10.9 Å². The van der Waals surface area contributed by atoms with Gasteiger partial charge in [0.15, 0.2) is 5.76 Å². The summed E-state index contributed by atoms with van der Waals surface area (Å²) in [6.07, 6.45) is 1.39. The van der Waals surface area contributed by atoms with E-state index in [9.17, 15) is 9.59 Å². The summed E-state index contributed by atoms with van der Waals surface area (Å²) in [5.41, 5.74) is -0.0485. The van der Waals surface area contributed by atoms with Gasteiger partial charge < -0.3 is 14.2 Å². The molecule has 2 heterocycles. The maximum absolute atomic E-state index is 12.1. The lowest BCUT2D eigenvalue weighted by Gasteiger charge is -2.06. The predicted octanol–water partition coefficient (Wildman–Crippen LogP) is 3.79. The standard InChI is InChI=1S/C18H11NO4/c20-17(16-6-3-9-22-16)19-14-10-13-12-5-2-1-4-11(12)7-8-15(13)23-18(14)21/h1-10H,(H,19,20). The van der Waals surface area contributed by atoms with Crippen LogP contribution in [0.3, 0.4) is 0 Å². The van der Waals surface area contributed by atoms with Gasteiger partial charge in [0.05, 0.1) is 6.26 Å². The van der Waals surface area contributed by atoms with Gasteiger partial charge in [0.1, 0.15) is 11.3 Å². The molecule has 0 unspecified atom stereocenters. The molecule has 0 fully saturated rings. The third-order valence-electron chi connectivity index (χ3n) is 3.64. The van der Waals surface area contributed by atoms with Crippen LogP contribution in [-0.4, -0.2) is 5.91 Å². The number of fused-ring (bicyclic) bond motifs is 3. The van der Waals surface area contributed by atoms with Crippen LogP contribution in [-0.2, 0) is 0 Å². The summed E-state index contributed by atoms with van der Waals surface area (Å²) in [6, 6.07) is 16.2. The van der Waals surface area contributed by atoms with Gasteiger partial charge in [0.25, 0.3) is 5.91 Å². The minimum Gasteiger partial charge on any atom is -0.459 e. The Hall–Kier alpha value is -3.34. The van der Waals surface area contributed by atoms with Gasteiger partial charge in [0, 0.05) is 5.39 Å². The molecule has 1 amide bonds. The minimum absolute atomic E-state index is 0.0789. The van der Waals surface area contributed by atoms with Crippen molar-refractivity contribution in [3.8, 4) is 0 Å². The Morgan fingerprint density at radius 3 is 2.65 bits per heavy atom. The Labute approximate surface area is 130 Å². The van der Waals surface area contributed by atoms with Gasteiger partial charge in [-0.3, -0.25) is 4.79 Å². The monoisotopic (exact) mass is 305 g/mol. The molecule has 0 spiro atoms. The molecule has 0 aliphatic rings. The molecule has 0 aliphatic heterocycles. The third kappa shape index (κ3) is 2.28. The van der Waals surface area contributed by atoms with Crippen molar-refractivity contribution in [2.24, 2.45) is 0 Å². The quantitative estimate of drug-likeness (QED) is 0.452. The topological polar surface area (TPSA) is 72.5 Å². The molecular formula is C18H11NO4. The van der Waals surface area contributed by atoms with Gasteiger partial charge in [-0.25, -0.2) is 4.79 Å². The van der Waals surface area contributed by atoms with E-state index in [1.165, 1.54) is 12.3 Å². The van der Waals surface area contributed by atoms with E-state index < -0.39 is 11.5 Å². The van der Waals surface area contributed by atoms with Crippen molar-refractivity contribution >= 4 is 33.3 Å². The highest BCUT2D eigenvalue weighted by atomic mass is 16.4. The molecule has 0 aliphatic carbocycles. The van der Waals surface area contributed by atoms with Crippen LogP contribution in [0.1, 0.15) is 10.6 Å². The fourth-order valence-corrected chi connectivity index (χ4v) is 2.55. The zero-order valence-electron chi connectivity index (χ0n) is 11.9. The maximum atomic E-state index is 12.1. The second-order valence-corrected chi connectivity index (χ2v) is 5.08. The molecule has 2 aromatic heterocycles. The smallest absolute Gasteiger partial charge is 0.360 e. The van der Waals surface area contributed by atoms with E-state index in [4.69, 9.17) is 8.83 Å². The number of anilines is 1.